The van der Waals surface area contributed by atoms with Gasteiger partial charge in [-0.25, -0.2) is 0 Å². The number of nitriles is 1. The summed E-state index contributed by atoms with van der Waals surface area (Å²) in [5.74, 6) is 0.853. The summed E-state index contributed by atoms with van der Waals surface area (Å²) >= 11 is 0. The molecule has 1 aliphatic heterocycles. The van der Waals surface area contributed by atoms with Gasteiger partial charge in [-0.3, -0.25) is 4.90 Å². The Bertz CT molecular complexity index is 466. The zero-order valence-electron chi connectivity index (χ0n) is 13.4. The third-order valence-electron chi connectivity index (χ3n) is 4.58. The average Bonchev–Trinajstić information content (AvgIpc) is 2.54. The first-order valence-electron chi connectivity index (χ1n) is 8.18. The summed E-state index contributed by atoms with van der Waals surface area (Å²) in [4.78, 5) is 5.06. The van der Waals surface area contributed by atoms with Crippen molar-refractivity contribution in [1.29, 1.82) is 5.26 Å². The fraction of sp³-hybridized carbons (Fsp3) is 0.611. The topological polar surface area (TPSA) is 30.3 Å². The third kappa shape index (κ3) is 4.84. The van der Waals surface area contributed by atoms with Crippen LogP contribution in [0.3, 0.4) is 0 Å². The largest absolute Gasteiger partial charge is 0.304 e. The van der Waals surface area contributed by atoms with Crippen LogP contribution in [0.2, 0.25) is 0 Å². The van der Waals surface area contributed by atoms with E-state index in [1.165, 1.54) is 38.0 Å². The van der Waals surface area contributed by atoms with Crippen LogP contribution in [0.25, 0.3) is 0 Å². The summed E-state index contributed by atoms with van der Waals surface area (Å²) in [6, 6.07) is 10.2. The monoisotopic (exact) mass is 285 g/mol. The average molecular weight is 285 g/mol. The maximum atomic E-state index is 8.96. The van der Waals surface area contributed by atoms with Gasteiger partial charge in [0.2, 0.25) is 0 Å². The Morgan fingerprint density at radius 3 is 2.57 bits per heavy atom. The highest BCUT2D eigenvalue weighted by atomic mass is 15.1. The highest BCUT2D eigenvalue weighted by molar-refractivity contribution is 5.32. The van der Waals surface area contributed by atoms with Gasteiger partial charge in [-0.15, -0.1) is 0 Å². The van der Waals surface area contributed by atoms with Crippen LogP contribution >= 0.6 is 0 Å². The van der Waals surface area contributed by atoms with E-state index in [1.807, 2.05) is 18.2 Å². The van der Waals surface area contributed by atoms with Crippen LogP contribution in [-0.2, 0) is 6.54 Å². The lowest BCUT2D eigenvalue weighted by Crippen LogP contribution is -2.38. The second-order valence-electron chi connectivity index (χ2n) is 6.02. The number of likely N-dealkylation sites (tertiary alicyclic amines) is 1. The molecule has 1 saturated heterocycles. The van der Waals surface area contributed by atoms with E-state index in [-0.39, 0.29) is 0 Å². The molecule has 1 aromatic carbocycles. The molecule has 0 N–H and O–H groups in total. The van der Waals surface area contributed by atoms with Crippen LogP contribution in [0.5, 0.6) is 0 Å². The zero-order chi connectivity index (χ0) is 15.1. The van der Waals surface area contributed by atoms with Gasteiger partial charge < -0.3 is 4.90 Å². The maximum Gasteiger partial charge on any atom is 0.0991 e. The van der Waals surface area contributed by atoms with Gasteiger partial charge in [-0.2, -0.15) is 5.26 Å². The Hall–Kier alpha value is -1.37. The minimum absolute atomic E-state index is 0.768. The van der Waals surface area contributed by atoms with Crippen molar-refractivity contribution in [2.45, 2.75) is 33.2 Å². The number of hydrogen-bond acceptors (Lipinski definition) is 3. The Labute approximate surface area is 129 Å². The number of piperidine rings is 1. The van der Waals surface area contributed by atoms with Crippen molar-refractivity contribution in [2.75, 3.05) is 32.7 Å². The van der Waals surface area contributed by atoms with Gasteiger partial charge in [0.25, 0.3) is 0 Å². The summed E-state index contributed by atoms with van der Waals surface area (Å²) in [6.07, 6.45) is 2.60. The second kappa shape index (κ2) is 8.17. The molecule has 0 bridgehead atoms. The van der Waals surface area contributed by atoms with E-state index in [2.05, 4.69) is 35.8 Å². The van der Waals surface area contributed by atoms with E-state index in [0.717, 1.165) is 31.1 Å². The molecule has 0 unspecified atom stereocenters. The number of nitrogens with zero attached hydrogens (tertiary/aromatic N) is 3. The first kappa shape index (κ1) is 16.0. The molecule has 0 aromatic heterocycles. The van der Waals surface area contributed by atoms with Crippen LogP contribution < -0.4 is 0 Å². The number of hydrogen-bond donors (Lipinski definition) is 0. The molecular formula is C18H27N3. The summed E-state index contributed by atoms with van der Waals surface area (Å²) in [5, 5.41) is 8.96. The summed E-state index contributed by atoms with van der Waals surface area (Å²) in [6.45, 7) is 11.4. The smallest absolute Gasteiger partial charge is 0.0991 e. The minimum Gasteiger partial charge on any atom is -0.304 e. The quantitative estimate of drug-likeness (QED) is 0.804. The molecule has 1 heterocycles. The number of rotatable bonds is 6. The first-order chi connectivity index (χ1) is 10.2. The molecule has 3 nitrogen and oxygen atoms in total. The van der Waals surface area contributed by atoms with Gasteiger partial charge in [0.05, 0.1) is 11.6 Å². The minimum atomic E-state index is 0.768. The Balaban J connectivity index is 1.80. The van der Waals surface area contributed by atoms with E-state index >= 15 is 0 Å². The summed E-state index contributed by atoms with van der Waals surface area (Å²) in [7, 11) is 0. The lowest BCUT2D eigenvalue weighted by Gasteiger charge is -2.34. The van der Waals surface area contributed by atoms with Gasteiger partial charge in [-0.1, -0.05) is 26.0 Å². The van der Waals surface area contributed by atoms with Crippen LogP contribution in [0.1, 0.15) is 37.8 Å². The molecule has 3 heteroatoms. The van der Waals surface area contributed by atoms with E-state index in [1.54, 1.807) is 0 Å². The molecule has 0 atom stereocenters. The van der Waals surface area contributed by atoms with Crippen molar-refractivity contribution in [3.63, 3.8) is 0 Å². The first-order valence-corrected chi connectivity index (χ1v) is 8.18. The van der Waals surface area contributed by atoms with E-state index in [4.69, 9.17) is 5.26 Å². The normalized spacial score (nSPS) is 17.0. The van der Waals surface area contributed by atoms with E-state index < -0.39 is 0 Å². The van der Waals surface area contributed by atoms with Gasteiger partial charge in [0.1, 0.15) is 0 Å². The van der Waals surface area contributed by atoms with Crippen molar-refractivity contribution < 1.29 is 0 Å². The lowest BCUT2D eigenvalue weighted by atomic mass is 9.95. The standard InChI is InChI=1S/C18H27N3/c1-3-20(4-2)14-16-8-10-21(11-9-16)15-18-7-5-6-17(12-18)13-19/h5-7,12,16H,3-4,8-11,14-15H2,1-2H3. The molecule has 1 aliphatic rings. The lowest BCUT2D eigenvalue weighted by molar-refractivity contribution is 0.143. The molecule has 0 spiro atoms. The molecule has 0 aliphatic carbocycles. The van der Waals surface area contributed by atoms with Crippen LogP contribution in [0.4, 0.5) is 0 Å². The van der Waals surface area contributed by atoms with Crippen LogP contribution in [0, 0.1) is 17.2 Å². The van der Waals surface area contributed by atoms with Gasteiger partial charge in [0, 0.05) is 13.1 Å². The molecular weight excluding hydrogens is 258 g/mol. The summed E-state index contributed by atoms with van der Waals surface area (Å²) < 4.78 is 0. The molecule has 21 heavy (non-hydrogen) atoms. The van der Waals surface area contributed by atoms with Crippen molar-refractivity contribution in [1.82, 2.24) is 9.80 Å². The van der Waals surface area contributed by atoms with E-state index in [0.29, 0.717) is 0 Å². The summed E-state index contributed by atoms with van der Waals surface area (Å²) in [5.41, 5.74) is 2.03. The maximum absolute atomic E-state index is 8.96. The Morgan fingerprint density at radius 1 is 1.24 bits per heavy atom. The van der Waals surface area contributed by atoms with Crippen molar-refractivity contribution in [3.05, 3.63) is 35.4 Å². The SMILES string of the molecule is CCN(CC)CC1CCN(Cc2cccc(C#N)c2)CC1. The Morgan fingerprint density at radius 2 is 1.95 bits per heavy atom. The number of benzene rings is 1. The second-order valence-corrected chi connectivity index (χ2v) is 6.02. The fourth-order valence-corrected chi connectivity index (χ4v) is 3.17. The highest BCUT2D eigenvalue weighted by Crippen LogP contribution is 2.20. The molecule has 0 radical (unpaired) electrons. The van der Waals surface area contributed by atoms with Crippen molar-refractivity contribution in [3.8, 4) is 6.07 Å². The molecule has 0 saturated carbocycles. The van der Waals surface area contributed by atoms with Crippen LogP contribution in [0.15, 0.2) is 24.3 Å². The zero-order valence-corrected chi connectivity index (χ0v) is 13.4. The van der Waals surface area contributed by atoms with Gasteiger partial charge in [-0.05, 0) is 62.6 Å². The molecule has 1 aromatic rings. The fourth-order valence-electron chi connectivity index (χ4n) is 3.17. The van der Waals surface area contributed by atoms with Crippen molar-refractivity contribution in [2.24, 2.45) is 5.92 Å². The molecule has 1 fully saturated rings. The van der Waals surface area contributed by atoms with Crippen molar-refractivity contribution >= 4 is 0 Å². The van der Waals surface area contributed by atoms with Gasteiger partial charge in [0.15, 0.2) is 0 Å². The van der Waals surface area contributed by atoms with Gasteiger partial charge >= 0.3 is 0 Å². The highest BCUT2D eigenvalue weighted by Gasteiger charge is 2.20. The van der Waals surface area contributed by atoms with E-state index in [9.17, 15) is 0 Å². The van der Waals surface area contributed by atoms with Crippen LogP contribution in [-0.4, -0.2) is 42.5 Å². The third-order valence-corrected chi connectivity index (χ3v) is 4.58. The molecule has 114 valence electrons. The predicted molar refractivity (Wildman–Crippen MR) is 86.9 cm³/mol. The molecule has 2 rings (SSSR count). The Kier molecular flexibility index (Phi) is 6.22. The molecule has 0 amide bonds. The predicted octanol–water partition coefficient (Wildman–Crippen LogP) is 3.11.